The summed E-state index contributed by atoms with van der Waals surface area (Å²) >= 11 is 1.16. The summed E-state index contributed by atoms with van der Waals surface area (Å²) in [4.78, 5) is 22.1. The van der Waals surface area contributed by atoms with E-state index >= 15 is 0 Å². The molecule has 2 heterocycles. The van der Waals surface area contributed by atoms with Gasteiger partial charge in [-0.25, -0.2) is 9.48 Å². The number of furan rings is 1. The molecule has 0 amide bonds. The Hall–Kier alpha value is -2.36. The van der Waals surface area contributed by atoms with Gasteiger partial charge in [-0.1, -0.05) is 11.8 Å². The Morgan fingerprint density at radius 1 is 1.55 bits per heavy atom. The third-order valence-electron chi connectivity index (χ3n) is 2.27. The van der Waals surface area contributed by atoms with E-state index in [0.29, 0.717) is 16.5 Å². The molecule has 0 radical (unpaired) electrons. The minimum absolute atomic E-state index is 0.275. The molecule has 0 aliphatic rings. The molecule has 0 saturated carbocycles. The third-order valence-corrected chi connectivity index (χ3v) is 3.22. The fourth-order valence-corrected chi connectivity index (χ4v) is 2.23. The number of aromatic nitrogens is 4. The van der Waals surface area contributed by atoms with Gasteiger partial charge >= 0.3 is 11.9 Å². The van der Waals surface area contributed by atoms with Crippen LogP contribution in [0.3, 0.4) is 0 Å². The molecule has 10 heteroatoms. The van der Waals surface area contributed by atoms with Crippen LogP contribution in [0, 0.1) is 0 Å². The molecule has 0 fully saturated rings. The van der Waals surface area contributed by atoms with E-state index in [1.807, 2.05) is 0 Å². The SMILES string of the molecule is COC(=O)c1ccoc1CSc1nnnn1CC(=O)O. The summed E-state index contributed by atoms with van der Waals surface area (Å²) in [5, 5.41) is 19.7. The molecule has 0 atom stereocenters. The highest BCUT2D eigenvalue weighted by molar-refractivity contribution is 7.98. The number of methoxy groups -OCH3 is 1. The van der Waals surface area contributed by atoms with Crippen LogP contribution in [0.2, 0.25) is 0 Å². The van der Waals surface area contributed by atoms with Crippen molar-refractivity contribution >= 4 is 23.7 Å². The zero-order valence-electron chi connectivity index (χ0n) is 10.3. The average Bonchev–Trinajstić information content (AvgIpc) is 3.03. The lowest BCUT2D eigenvalue weighted by atomic mass is 10.3. The van der Waals surface area contributed by atoms with Gasteiger partial charge in [-0.3, -0.25) is 4.79 Å². The number of tetrazole rings is 1. The maximum Gasteiger partial charge on any atom is 0.341 e. The van der Waals surface area contributed by atoms with E-state index in [1.165, 1.54) is 19.4 Å². The van der Waals surface area contributed by atoms with E-state index in [2.05, 4.69) is 20.3 Å². The predicted molar refractivity (Wildman–Crippen MR) is 65.1 cm³/mol. The fourth-order valence-electron chi connectivity index (χ4n) is 1.40. The standard InChI is InChI=1S/C10H10N4O5S/c1-18-9(17)6-2-3-19-7(6)5-20-10-11-12-13-14(10)4-8(15)16/h2-3H,4-5H2,1H3,(H,15,16). The number of carbonyl (C=O) groups excluding carboxylic acids is 1. The number of carboxylic acids is 1. The number of ether oxygens (including phenoxy) is 1. The van der Waals surface area contributed by atoms with Crippen molar-refractivity contribution in [3.8, 4) is 0 Å². The number of thioether (sulfide) groups is 1. The van der Waals surface area contributed by atoms with Crippen molar-refractivity contribution in [3.63, 3.8) is 0 Å². The topological polar surface area (TPSA) is 120 Å². The minimum Gasteiger partial charge on any atom is -0.480 e. The number of hydrogen-bond acceptors (Lipinski definition) is 8. The number of carboxylic acid groups (broad SMARTS) is 1. The summed E-state index contributed by atoms with van der Waals surface area (Å²) in [6.45, 7) is -0.336. The molecule has 2 aromatic heterocycles. The van der Waals surface area contributed by atoms with Crippen LogP contribution in [0.25, 0.3) is 0 Å². The highest BCUT2D eigenvalue weighted by Gasteiger charge is 2.17. The summed E-state index contributed by atoms with van der Waals surface area (Å²) in [5.41, 5.74) is 0.317. The van der Waals surface area contributed by atoms with Crippen molar-refractivity contribution in [2.24, 2.45) is 0 Å². The van der Waals surface area contributed by atoms with Crippen molar-refractivity contribution in [1.29, 1.82) is 0 Å². The van der Waals surface area contributed by atoms with Crippen LogP contribution in [-0.2, 0) is 21.8 Å². The number of rotatable bonds is 6. The monoisotopic (exact) mass is 298 g/mol. The van der Waals surface area contributed by atoms with Crippen LogP contribution < -0.4 is 0 Å². The Morgan fingerprint density at radius 3 is 3.05 bits per heavy atom. The van der Waals surface area contributed by atoms with Crippen LogP contribution in [0.1, 0.15) is 16.1 Å². The molecule has 0 aromatic carbocycles. The highest BCUT2D eigenvalue weighted by atomic mass is 32.2. The van der Waals surface area contributed by atoms with Crippen molar-refractivity contribution < 1.29 is 23.8 Å². The van der Waals surface area contributed by atoms with Gasteiger partial charge < -0.3 is 14.3 Å². The van der Waals surface area contributed by atoms with Gasteiger partial charge in [0, 0.05) is 0 Å². The highest BCUT2D eigenvalue weighted by Crippen LogP contribution is 2.23. The fraction of sp³-hybridized carbons (Fsp3) is 0.300. The maximum atomic E-state index is 11.5. The van der Waals surface area contributed by atoms with E-state index in [4.69, 9.17) is 9.52 Å². The van der Waals surface area contributed by atoms with E-state index in [0.717, 1.165) is 16.4 Å². The number of hydrogen-bond donors (Lipinski definition) is 1. The number of carbonyl (C=O) groups is 2. The molecule has 0 spiro atoms. The van der Waals surface area contributed by atoms with Crippen LogP contribution >= 0.6 is 11.8 Å². The zero-order chi connectivity index (χ0) is 14.5. The molecule has 0 aliphatic heterocycles. The predicted octanol–water partition coefficient (Wildman–Crippen LogP) is 0.430. The average molecular weight is 298 g/mol. The smallest absolute Gasteiger partial charge is 0.341 e. The van der Waals surface area contributed by atoms with Gasteiger partial charge in [0.05, 0.1) is 19.1 Å². The molecular formula is C10H10N4O5S. The van der Waals surface area contributed by atoms with Crippen molar-refractivity contribution in [2.75, 3.05) is 7.11 Å². The Kier molecular flexibility index (Phi) is 4.35. The molecule has 9 nitrogen and oxygen atoms in total. The molecule has 106 valence electrons. The lowest BCUT2D eigenvalue weighted by Crippen LogP contribution is -2.11. The first-order valence-electron chi connectivity index (χ1n) is 5.37. The van der Waals surface area contributed by atoms with Gasteiger partial charge in [0.25, 0.3) is 0 Å². The minimum atomic E-state index is -1.05. The normalized spacial score (nSPS) is 10.4. The first-order chi connectivity index (χ1) is 9.61. The summed E-state index contributed by atoms with van der Waals surface area (Å²) < 4.78 is 11.0. The second-order valence-corrected chi connectivity index (χ2v) is 4.49. The van der Waals surface area contributed by atoms with Gasteiger partial charge in [0.2, 0.25) is 5.16 Å². The third kappa shape index (κ3) is 3.15. The Bertz CT molecular complexity index is 623. The summed E-state index contributed by atoms with van der Waals surface area (Å²) in [5.74, 6) is -0.865. The zero-order valence-corrected chi connectivity index (χ0v) is 11.2. The van der Waals surface area contributed by atoms with Crippen LogP contribution in [0.5, 0.6) is 0 Å². The second kappa shape index (κ2) is 6.19. The lowest BCUT2D eigenvalue weighted by molar-refractivity contribution is -0.138. The van der Waals surface area contributed by atoms with Gasteiger partial charge in [-0.05, 0) is 16.5 Å². The van der Waals surface area contributed by atoms with E-state index < -0.39 is 11.9 Å². The molecule has 0 unspecified atom stereocenters. The molecule has 0 saturated heterocycles. The Labute approximate surface area is 116 Å². The second-order valence-electron chi connectivity index (χ2n) is 3.55. The Balaban J connectivity index is 2.06. The quantitative estimate of drug-likeness (QED) is 0.597. The Morgan fingerprint density at radius 2 is 2.35 bits per heavy atom. The van der Waals surface area contributed by atoms with Crippen LogP contribution in [-0.4, -0.2) is 44.4 Å². The summed E-state index contributed by atoms with van der Waals surface area (Å²) in [6, 6.07) is 1.50. The van der Waals surface area contributed by atoms with Crippen LogP contribution in [0.15, 0.2) is 21.9 Å². The first-order valence-corrected chi connectivity index (χ1v) is 6.36. The molecule has 0 aliphatic carbocycles. The van der Waals surface area contributed by atoms with Crippen molar-refractivity contribution in [3.05, 3.63) is 23.7 Å². The first kappa shape index (κ1) is 14.1. The van der Waals surface area contributed by atoms with E-state index in [9.17, 15) is 9.59 Å². The maximum absolute atomic E-state index is 11.5. The molecule has 20 heavy (non-hydrogen) atoms. The summed E-state index contributed by atoms with van der Waals surface area (Å²) in [7, 11) is 1.28. The molecule has 2 aromatic rings. The van der Waals surface area contributed by atoms with Gasteiger partial charge in [0.15, 0.2) is 0 Å². The molecule has 0 bridgehead atoms. The van der Waals surface area contributed by atoms with E-state index in [-0.39, 0.29) is 12.3 Å². The lowest BCUT2D eigenvalue weighted by Gasteiger charge is -2.01. The van der Waals surface area contributed by atoms with Crippen molar-refractivity contribution in [2.45, 2.75) is 17.5 Å². The van der Waals surface area contributed by atoms with Gasteiger partial charge in [0.1, 0.15) is 17.9 Å². The molecular weight excluding hydrogens is 288 g/mol. The molecule has 1 N–H and O–H groups in total. The number of nitrogens with zero attached hydrogens (tertiary/aromatic N) is 4. The number of aliphatic carboxylic acids is 1. The van der Waals surface area contributed by atoms with Crippen molar-refractivity contribution in [1.82, 2.24) is 20.2 Å². The largest absolute Gasteiger partial charge is 0.480 e. The summed E-state index contributed by atoms with van der Waals surface area (Å²) in [6.07, 6.45) is 1.38. The van der Waals surface area contributed by atoms with E-state index in [1.54, 1.807) is 0 Å². The molecule has 2 rings (SSSR count). The van der Waals surface area contributed by atoms with Gasteiger partial charge in [-0.15, -0.1) is 5.10 Å². The number of esters is 1. The van der Waals surface area contributed by atoms with Crippen LogP contribution in [0.4, 0.5) is 0 Å². The van der Waals surface area contributed by atoms with Gasteiger partial charge in [-0.2, -0.15) is 0 Å².